The van der Waals surface area contributed by atoms with E-state index in [4.69, 9.17) is 0 Å². The number of aryl methyl sites for hydroxylation is 1. The van der Waals surface area contributed by atoms with Crippen molar-refractivity contribution in [3.63, 3.8) is 0 Å². The van der Waals surface area contributed by atoms with Crippen molar-refractivity contribution < 1.29 is 9.90 Å². The summed E-state index contributed by atoms with van der Waals surface area (Å²) in [5, 5.41) is 17.9. The predicted molar refractivity (Wildman–Crippen MR) is 111 cm³/mol. The molecular weight excluding hydrogens is 368 g/mol. The number of aromatic hydroxyl groups is 1. The highest BCUT2D eigenvalue weighted by molar-refractivity contribution is 6.09. The van der Waals surface area contributed by atoms with Gasteiger partial charge in [0.2, 0.25) is 0 Å². The maximum absolute atomic E-state index is 12.7. The van der Waals surface area contributed by atoms with Crippen LogP contribution in [0.15, 0.2) is 59.5 Å². The van der Waals surface area contributed by atoms with Crippen LogP contribution in [0.2, 0.25) is 0 Å². The van der Waals surface area contributed by atoms with Crippen LogP contribution in [0.5, 0.6) is 5.75 Å². The van der Waals surface area contributed by atoms with Crippen molar-refractivity contribution in [2.45, 2.75) is 20.4 Å². The zero-order chi connectivity index (χ0) is 20.5. The molecule has 0 fully saturated rings. The Bertz CT molecular complexity index is 1270. The van der Waals surface area contributed by atoms with E-state index in [0.29, 0.717) is 23.3 Å². The molecule has 0 bridgehead atoms. The Kier molecular flexibility index (Phi) is 4.64. The maximum Gasteiger partial charge on any atom is 0.266 e. The summed E-state index contributed by atoms with van der Waals surface area (Å²) in [6, 6.07) is 15.1. The van der Waals surface area contributed by atoms with Crippen LogP contribution in [0.4, 0.5) is 5.69 Å². The molecule has 1 amide bonds. The van der Waals surface area contributed by atoms with Crippen LogP contribution in [0.25, 0.3) is 11.0 Å². The van der Waals surface area contributed by atoms with Gasteiger partial charge in [-0.25, -0.2) is 4.68 Å². The van der Waals surface area contributed by atoms with Crippen molar-refractivity contribution in [2.75, 3.05) is 5.32 Å². The lowest BCUT2D eigenvalue weighted by Crippen LogP contribution is -2.24. The third-order valence-corrected chi connectivity index (χ3v) is 5.05. The Hall–Kier alpha value is -3.87. The lowest BCUT2D eigenvalue weighted by Gasteiger charge is -2.11. The van der Waals surface area contributed by atoms with Gasteiger partial charge in [0.25, 0.3) is 11.5 Å². The number of amides is 1. The summed E-state index contributed by atoms with van der Waals surface area (Å²) in [7, 11) is 0. The number of nitrogens with zero attached hydrogens (tertiary/aromatic N) is 2. The summed E-state index contributed by atoms with van der Waals surface area (Å²) < 4.78 is 1.58. The zero-order valence-electron chi connectivity index (χ0n) is 16.1. The highest BCUT2D eigenvalue weighted by Gasteiger charge is 2.22. The number of aromatic nitrogens is 3. The molecule has 0 aliphatic rings. The average Bonchev–Trinajstić information content (AvgIpc) is 3.09. The normalized spacial score (nSPS) is 11.0. The molecule has 29 heavy (non-hydrogen) atoms. The first-order valence-electron chi connectivity index (χ1n) is 9.18. The number of pyridine rings is 1. The fourth-order valence-electron chi connectivity index (χ4n) is 3.26. The molecule has 0 aliphatic carbocycles. The topological polar surface area (TPSA) is 100 Å². The van der Waals surface area contributed by atoms with Gasteiger partial charge in [-0.15, -0.1) is 0 Å². The number of anilines is 1. The highest BCUT2D eigenvalue weighted by Crippen LogP contribution is 2.26. The lowest BCUT2D eigenvalue weighted by atomic mass is 10.1. The number of hydrogen-bond acceptors (Lipinski definition) is 4. The molecule has 0 spiro atoms. The van der Waals surface area contributed by atoms with Crippen LogP contribution < -0.4 is 10.9 Å². The number of rotatable bonds is 4. The maximum atomic E-state index is 12.7. The smallest absolute Gasteiger partial charge is 0.266 e. The van der Waals surface area contributed by atoms with Crippen LogP contribution in [-0.2, 0) is 6.54 Å². The quantitative estimate of drug-likeness (QED) is 0.499. The van der Waals surface area contributed by atoms with Crippen LogP contribution in [0, 0.1) is 13.8 Å². The number of carbonyl (C=O) groups excluding carboxylic acids is 1. The third-order valence-electron chi connectivity index (χ3n) is 5.05. The number of H-pyrrole nitrogens is 1. The Morgan fingerprint density at radius 3 is 2.66 bits per heavy atom. The molecule has 2 heterocycles. The predicted octanol–water partition coefficient (Wildman–Crippen LogP) is 3.35. The molecule has 3 N–H and O–H groups in total. The van der Waals surface area contributed by atoms with E-state index in [-0.39, 0.29) is 11.3 Å². The second-order valence-corrected chi connectivity index (χ2v) is 6.93. The minimum Gasteiger partial charge on any atom is -0.506 e. The van der Waals surface area contributed by atoms with Crippen molar-refractivity contribution >= 4 is 22.6 Å². The molecule has 7 nitrogen and oxygen atoms in total. The van der Waals surface area contributed by atoms with Crippen molar-refractivity contribution in [3.8, 4) is 5.75 Å². The summed E-state index contributed by atoms with van der Waals surface area (Å²) in [6.07, 6.45) is 1.44. The van der Waals surface area contributed by atoms with E-state index < -0.39 is 11.5 Å². The van der Waals surface area contributed by atoms with Gasteiger partial charge < -0.3 is 15.4 Å². The van der Waals surface area contributed by atoms with E-state index in [2.05, 4.69) is 15.4 Å². The summed E-state index contributed by atoms with van der Waals surface area (Å²) in [4.78, 5) is 28.0. The standard InChI is InChI=1S/C22H20N4O3/c1-13-7-6-10-17(14(13)2)24-21(28)18-19(27)16-11-23-26(20(16)25-22(18)29)12-15-8-4-3-5-9-15/h3-11H,12H2,1-2H3,(H,24,28)(H2,25,27,29). The van der Waals surface area contributed by atoms with Crippen LogP contribution >= 0.6 is 0 Å². The van der Waals surface area contributed by atoms with Crippen molar-refractivity contribution in [1.82, 2.24) is 14.8 Å². The third kappa shape index (κ3) is 3.38. The monoisotopic (exact) mass is 388 g/mol. The van der Waals surface area contributed by atoms with Gasteiger partial charge in [0.1, 0.15) is 17.0 Å². The Labute approximate surface area is 166 Å². The second-order valence-electron chi connectivity index (χ2n) is 6.93. The molecule has 2 aromatic carbocycles. The van der Waals surface area contributed by atoms with Crippen LogP contribution in [0.3, 0.4) is 0 Å². The van der Waals surface area contributed by atoms with Crippen LogP contribution in [-0.4, -0.2) is 25.8 Å². The number of hydrogen-bond donors (Lipinski definition) is 3. The van der Waals surface area contributed by atoms with Gasteiger partial charge in [-0.05, 0) is 36.6 Å². The molecule has 0 atom stereocenters. The molecule has 2 aromatic heterocycles. The van der Waals surface area contributed by atoms with Gasteiger partial charge in [-0.1, -0.05) is 42.5 Å². The summed E-state index contributed by atoms with van der Waals surface area (Å²) in [5.41, 5.74) is 2.85. The largest absolute Gasteiger partial charge is 0.506 e. The van der Waals surface area contributed by atoms with Crippen molar-refractivity contribution in [2.24, 2.45) is 0 Å². The molecule has 0 aliphatic heterocycles. The van der Waals surface area contributed by atoms with E-state index in [1.165, 1.54) is 6.20 Å². The van der Waals surface area contributed by atoms with E-state index in [1.807, 2.05) is 56.3 Å². The lowest BCUT2D eigenvalue weighted by molar-refractivity contribution is 0.102. The number of fused-ring (bicyclic) bond motifs is 1. The van der Waals surface area contributed by atoms with Crippen molar-refractivity contribution in [1.29, 1.82) is 0 Å². The molecule has 146 valence electrons. The SMILES string of the molecule is Cc1cccc(NC(=O)c2c(O)c3cnn(Cc4ccccc4)c3[nH]c2=O)c1C. The number of carbonyl (C=O) groups is 1. The van der Waals surface area contributed by atoms with Gasteiger partial charge in [0, 0.05) is 5.69 Å². The molecule has 4 aromatic rings. The fraction of sp³-hybridized carbons (Fsp3) is 0.136. The highest BCUT2D eigenvalue weighted by atomic mass is 16.3. The summed E-state index contributed by atoms with van der Waals surface area (Å²) in [6.45, 7) is 4.24. The first-order valence-corrected chi connectivity index (χ1v) is 9.18. The molecule has 0 unspecified atom stereocenters. The van der Waals surface area contributed by atoms with Crippen molar-refractivity contribution in [3.05, 3.63) is 87.3 Å². The Morgan fingerprint density at radius 2 is 1.90 bits per heavy atom. The second kappa shape index (κ2) is 7.27. The number of nitrogens with one attached hydrogen (secondary N) is 2. The zero-order valence-corrected chi connectivity index (χ0v) is 16.1. The average molecular weight is 388 g/mol. The molecule has 0 radical (unpaired) electrons. The van der Waals surface area contributed by atoms with E-state index in [1.54, 1.807) is 10.7 Å². The Morgan fingerprint density at radius 1 is 1.14 bits per heavy atom. The molecular formula is C22H20N4O3. The number of benzene rings is 2. The van der Waals surface area contributed by atoms with Gasteiger partial charge in [0.15, 0.2) is 0 Å². The van der Waals surface area contributed by atoms with E-state index >= 15 is 0 Å². The molecule has 0 saturated heterocycles. The Balaban J connectivity index is 1.72. The molecule has 4 rings (SSSR count). The minimum atomic E-state index is -0.674. The first-order chi connectivity index (χ1) is 14.0. The summed E-state index contributed by atoms with van der Waals surface area (Å²) >= 11 is 0. The van der Waals surface area contributed by atoms with Gasteiger partial charge in [-0.3, -0.25) is 9.59 Å². The molecule has 0 saturated carbocycles. The van der Waals surface area contributed by atoms with Gasteiger partial charge >= 0.3 is 0 Å². The van der Waals surface area contributed by atoms with E-state index in [9.17, 15) is 14.7 Å². The van der Waals surface area contributed by atoms with Crippen LogP contribution in [0.1, 0.15) is 27.0 Å². The summed E-state index contributed by atoms with van der Waals surface area (Å²) in [5.74, 6) is -1.05. The van der Waals surface area contributed by atoms with E-state index in [0.717, 1.165) is 16.7 Å². The van der Waals surface area contributed by atoms with Gasteiger partial charge in [0.05, 0.1) is 18.1 Å². The van der Waals surface area contributed by atoms with Gasteiger partial charge in [-0.2, -0.15) is 5.10 Å². The number of aromatic amines is 1. The first kappa shape index (κ1) is 18.5. The molecule has 7 heteroatoms. The fourth-order valence-corrected chi connectivity index (χ4v) is 3.26. The minimum absolute atomic E-state index is 0.312.